The molecular formula is C24H27N3O5S. The van der Waals surface area contributed by atoms with Gasteiger partial charge in [-0.2, -0.15) is 5.26 Å². The third-order valence-electron chi connectivity index (χ3n) is 5.60. The number of carbonyl (C=O) groups excluding carboxylic acids is 3. The minimum atomic E-state index is -0.880. The minimum absolute atomic E-state index is 0.190. The van der Waals surface area contributed by atoms with Crippen LogP contribution in [0.1, 0.15) is 57.5 Å². The number of nitriles is 1. The molecule has 1 N–H and O–H groups in total. The zero-order valence-corrected chi connectivity index (χ0v) is 20.1. The monoisotopic (exact) mass is 469 g/mol. The highest BCUT2D eigenvalue weighted by Crippen LogP contribution is 2.39. The van der Waals surface area contributed by atoms with Crippen molar-refractivity contribution in [2.24, 2.45) is 0 Å². The van der Waals surface area contributed by atoms with Gasteiger partial charge in [-0.1, -0.05) is 6.92 Å². The Morgan fingerprint density at radius 1 is 1.30 bits per heavy atom. The summed E-state index contributed by atoms with van der Waals surface area (Å²) in [6, 6.07) is 3.77. The molecule has 0 fully saturated rings. The number of methoxy groups -OCH3 is 1. The number of rotatable bonds is 8. The molecule has 1 amide bonds. The van der Waals surface area contributed by atoms with Crippen molar-refractivity contribution in [3.63, 3.8) is 0 Å². The van der Waals surface area contributed by atoms with E-state index in [0.717, 1.165) is 59.6 Å². The molecule has 0 spiro atoms. The van der Waals surface area contributed by atoms with Gasteiger partial charge < -0.3 is 19.4 Å². The van der Waals surface area contributed by atoms with Crippen molar-refractivity contribution in [2.45, 2.75) is 53.0 Å². The molecular weight excluding hydrogens is 442 g/mol. The number of ether oxygens (including phenoxy) is 2. The molecule has 2 aromatic rings. The Hall–Kier alpha value is -3.38. The summed E-state index contributed by atoms with van der Waals surface area (Å²) in [6.45, 7) is 6.25. The number of aromatic nitrogens is 1. The number of nitrogens with one attached hydrogen (secondary N) is 1. The van der Waals surface area contributed by atoms with E-state index in [2.05, 4.69) is 16.8 Å². The number of hydrogen-bond donors (Lipinski definition) is 1. The maximum Gasteiger partial charge on any atom is 0.349 e. The molecule has 2 aromatic heterocycles. The SMILES string of the molecule is CCCn1c(C)cc(/C=C(\C#N)C(=O)OCC(=O)Nc2sc3c(c2C(=O)OC)CCC3)c1C. The van der Waals surface area contributed by atoms with Crippen molar-refractivity contribution < 1.29 is 23.9 Å². The third kappa shape index (κ3) is 5.17. The molecule has 1 aliphatic rings. The predicted octanol–water partition coefficient (Wildman–Crippen LogP) is 3.94. The number of fused-ring (bicyclic) bond motifs is 1. The van der Waals surface area contributed by atoms with Crippen molar-refractivity contribution in [3.05, 3.63) is 44.6 Å². The first-order chi connectivity index (χ1) is 15.8. The smallest absolute Gasteiger partial charge is 0.349 e. The highest BCUT2D eigenvalue weighted by Gasteiger charge is 2.28. The van der Waals surface area contributed by atoms with Gasteiger partial charge in [0.1, 0.15) is 16.6 Å². The fourth-order valence-electron chi connectivity index (χ4n) is 4.02. The molecule has 8 nitrogen and oxygen atoms in total. The van der Waals surface area contributed by atoms with Gasteiger partial charge in [0.15, 0.2) is 6.61 Å². The highest BCUT2D eigenvalue weighted by molar-refractivity contribution is 7.17. The summed E-state index contributed by atoms with van der Waals surface area (Å²) in [7, 11) is 1.30. The molecule has 0 aliphatic heterocycles. The first-order valence-corrected chi connectivity index (χ1v) is 11.6. The Bertz CT molecular complexity index is 1170. The summed E-state index contributed by atoms with van der Waals surface area (Å²) in [5, 5.41) is 12.5. The van der Waals surface area contributed by atoms with Crippen LogP contribution in [0.15, 0.2) is 11.6 Å². The predicted molar refractivity (Wildman–Crippen MR) is 125 cm³/mol. The van der Waals surface area contributed by atoms with E-state index in [1.807, 2.05) is 26.0 Å². The summed E-state index contributed by atoms with van der Waals surface area (Å²) in [4.78, 5) is 38.1. The average molecular weight is 470 g/mol. The second kappa shape index (κ2) is 10.5. The van der Waals surface area contributed by atoms with Crippen molar-refractivity contribution in [2.75, 3.05) is 19.0 Å². The molecule has 9 heteroatoms. The van der Waals surface area contributed by atoms with Gasteiger partial charge in [0.2, 0.25) is 0 Å². The zero-order chi connectivity index (χ0) is 24.1. The molecule has 0 aromatic carbocycles. The summed E-state index contributed by atoms with van der Waals surface area (Å²) < 4.78 is 12.1. The van der Waals surface area contributed by atoms with Crippen molar-refractivity contribution in [1.29, 1.82) is 5.26 Å². The molecule has 0 unspecified atom stereocenters. The van der Waals surface area contributed by atoms with E-state index in [-0.39, 0.29) is 5.57 Å². The van der Waals surface area contributed by atoms with E-state index in [0.29, 0.717) is 10.6 Å². The lowest BCUT2D eigenvalue weighted by Gasteiger charge is -2.08. The van der Waals surface area contributed by atoms with Gasteiger partial charge in [-0.15, -0.1) is 11.3 Å². The number of nitrogens with zero attached hydrogens (tertiary/aromatic N) is 2. The lowest BCUT2D eigenvalue weighted by molar-refractivity contribution is -0.142. The van der Waals surface area contributed by atoms with Gasteiger partial charge in [-0.3, -0.25) is 4.79 Å². The third-order valence-corrected chi connectivity index (χ3v) is 6.81. The standard InChI is InChI=1S/C24H27N3O5S/c1-5-9-27-14(2)10-16(15(27)3)11-17(12-25)23(29)32-13-20(28)26-22-21(24(30)31-4)18-7-6-8-19(18)33-22/h10-11H,5-9,13H2,1-4H3,(H,26,28)/b17-11+. The fourth-order valence-corrected chi connectivity index (χ4v) is 5.31. The van der Waals surface area contributed by atoms with Crippen molar-refractivity contribution >= 4 is 40.3 Å². The van der Waals surface area contributed by atoms with Gasteiger partial charge >= 0.3 is 11.9 Å². The summed E-state index contributed by atoms with van der Waals surface area (Å²) in [5.41, 5.74) is 3.84. The second-order valence-electron chi connectivity index (χ2n) is 7.83. The Morgan fingerprint density at radius 2 is 2.06 bits per heavy atom. The van der Waals surface area contributed by atoms with Crippen LogP contribution in [0.5, 0.6) is 0 Å². The molecule has 174 valence electrons. The fraction of sp³-hybridized carbons (Fsp3) is 0.417. The van der Waals surface area contributed by atoms with Crippen LogP contribution in [-0.2, 0) is 38.4 Å². The van der Waals surface area contributed by atoms with Crippen LogP contribution < -0.4 is 5.32 Å². The van der Waals surface area contributed by atoms with E-state index in [1.165, 1.54) is 24.5 Å². The quantitative estimate of drug-likeness (QED) is 0.356. The number of aryl methyl sites for hydroxylation is 2. The van der Waals surface area contributed by atoms with Crippen LogP contribution in [0.2, 0.25) is 0 Å². The Kier molecular flexibility index (Phi) is 7.71. The molecule has 0 bridgehead atoms. The minimum Gasteiger partial charge on any atom is -0.465 e. The molecule has 1 aliphatic carbocycles. The number of hydrogen-bond acceptors (Lipinski definition) is 7. The van der Waals surface area contributed by atoms with Gasteiger partial charge in [0.05, 0.1) is 12.7 Å². The van der Waals surface area contributed by atoms with Gasteiger partial charge in [-0.25, -0.2) is 9.59 Å². The number of anilines is 1. The van der Waals surface area contributed by atoms with E-state index >= 15 is 0 Å². The Labute approximate surface area is 196 Å². The van der Waals surface area contributed by atoms with Crippen LogP contribution in [-0.4, -0.2) is 36.1 Å². The van der Waals surface area contributed by atoms with Crippen LogP contribution in [0.25, 0.3) is 6.08 Å². The maximum atomic E-state index is 12.4. The number of esters is 2. The first-order valence-electron chi connectivity index (χ1n) is 10.8. The lowest BCUT2D eigenvalue weighted by atomic mass is 10.1. The van der Waals surface area contributed by atoms with E-state index in [4.69, 9.17) is 9.47 Å². The van der Waals surface area contributed by atoms with Gasteiger partial charge in [0, 0.05) is 22.8 Å². The molecule has 3 rings (SSSR count). The van der Waals surface area contributed by atoms with Crippen molar-refractivity contribution in [3.8, 4) is 6.07 Å². The van der Waals surface area contributed by atoms with Crippen molar-refractivity contribution in [1.82, 2.24) is 4.57 Å². The summed E-state index contributed by atoms with van der Waals surface area (Å²) in [6.07, 6.45) is 5.02. The van der Waals surface area contributed by atoms with E-state index in [9.17, 15) is 19.6 Å². The van der Waals surface area contributed by atoms with Crippen LogP contribution in [0, 0.1) is 25.2 Å². The molecule has 0 saturated heterocycles. The topological polar surface area (TPSA) is 110 Å². The Morgan fingerprint density at radius 3 is 2.73 bits per heavy atom. The average Bonchev–Trinajstić information content (AvgIpc) is 3.45. The maximum absolute atomic E-state index is 12.4. The molecule has 2 heterocycles. The summed E-state index contributed by atoms with van der Waals surface area (Å²) >= 11 is 1.34. The van der Waals surface area contributed by atoms with Gasteiger partial charge in [-0.05, 0) is 62.8 Å². The highest BCUT2D eigenvalue weighted by atomic mass is 32.1. The van der Waals surface area contributed by atoms with Crippen LogP contribution in [0.4, 0.5) is 5.00 Å². The van der Waals surface area contributed by atoms with Crippen LogP contribution in [0.3, 0.4) is 0 Å². The lowest BCUT2D eigenvalue weighted by Crippen LogP contribution is -2.22. The molecule has 0 saturated carbocycles. The number of carbonyl (C=O) groups is 3. The second-order valence-corrected chi connectivity index (χ2v) is 8.93. The summed E-state index contributed by atoms with van der Waals surface area (Å²) in [5.74, 6) is -1.97. The van der Waals surface area contributed by atoms with E-state index in [1.54, 1.807) is 0 Å². The van der Waals surface area contributed by atoms with E-state index < -0.39 is 24.5 Å². The van der Waals surface area contributed by atoms with Gasteiger partial charge in [0.25, 0.3) is 5.91 Å². The number of thiophene rings is 1. The zero-order valence-electron chi connectivity index (χ0n) is 19.2. The van der Waals surface area contributed by atoms with Crippen LogP contribution >= 0.6 is 11.3 Å². The molecule has 33 heavy (non-hydrogen) atoms. The normalized spacial score (nSPS) is 12.8. The number of amides is 1. The largest absolute Gasteiger partial charge is 0.465 e. The molecule has 0 radical (unpaired) electrons. The first kappa shape index (κ1) is 24.3. The Balaban J connectivity index is 1.68. The molecule has 0 atom stereocenters.